The molecule has 0 aliphatic rings. The molecule has 0 aromatic heterocycles. The summed E-state index contributed by atoms with van der Waals surface area (Å²) in [5.74, 6) is -1.10. The minimum atomic E-state index is -0.560. The number of rotatable bonds is 1. The summed E-state index contributed by atoms with van der Waals surface area (Å²) in [6, 6.07) is 11.9. The fourth-order valence-electron chi connectivity index (χ4n) is 1.48. The average Bonchev–Trinajstić information content (AvgIpc) is 2.43. The van der Waals surface area contributed by atoms with Crippen LogP contribution in [0.5, 0.6) is 0 Å². The Labute approximate surface area is 146 Å². The van der Waals surface area contributed by atoms with Crippen LogP contribution in [-0.4, -0.2) is 0 Å². The third kappa shape index (κ3) is 6.72. The van der Waals surface area contributed by atoms with Crippen molar-refractivity contribution in [3.8, 4) is 11.1 Å². The first-order valence-corrected chi connectivity index (χ1v) is 6.60. The molecule has 3 heteroatoms. The van der Waals surface area contributed by atoms with Crippen molar-refractivity contribution in [3.05, 3.63) is 59.7 Å². The largest absolute Gasteiger partial charge is 0.207 e. The number of hydrogen-bond donors (Lipinski definition) is 0. The summed E-state index contributed by atoms with van der Waals surface area (Å²) in [4.78, 5) is 0. The molecule has 0 saturated heterocycles. The topological polar surface area (TPSA) is 0 Å². The summed E-state index contributed by atoms with van der Waals surface area (Å²) in [6.07, 6.45) is 0. The van der Waals surface area contributed by atoms with Gasteiger partial charge in [-0.15, -0.1) is 5.56 Å². The van der Waals surface area contributed by atoms with Crippen molar-refractivity contribution in [2.45, 2.75) is 34.6 Å². The average molecular weight is 352 g/mol. The Balaban J connectivity index is 0. The molecule has 0 aliphatic heterocycles. The molecule has 0 atom stereocenters. The van der Waals surface area contributed by atoms with E-state index in [0.29, 0.717) is 5.56 Å². The zero-order valence-electron chi connectivity index (χ0n) is 12.8. The number of halogens is 2. The third-order valence-electron chi connectivity index (χ3n) is 2.19. The van der Waals surface area contributed by atoms with Gasteiger partial charge in [-0.25, -0.2) is 8.78 Å². The molecular formula is C17H21F2Y-. The van der Waals surface area contributed by atoms with Gasteiger partial charge in [0.25, 0.3) is 0 Å². The van der Waals surface area contributed by atoms with Crippen LogP contribution in [0.15, 0.2) is 36.4 Å². The minimum Gasteiger partial charge on any atom is -0.207 e. The number of hydrogen-bond acceptors (Lipinski definition) is 0. The van der Waals surface area contributed by atoms with Crippen molar-refractivity contribution in [2.24, 2.45) is 0 Å². The van der Waals surface area contributed by atoms with Gasteiger partial charge in [0, 0.05) is 38.8 Å². The van der Waals surface area contributed by atoms with Gasteiger partial charge in [0.05, 0.1) is 0 Å². The van der Waals surface area contributed by atoms with Gasteiger partial charge in [-0.1, -0.05) is 40.7 Å². The molecule has 0 aliphatic carbocycles. The summed E-state index contributed by atoms with van der Waals surface area (Å²) >= 11 is 0. The standard InChI is InChI=1S/C13H9F2.2C2H6.Y/c1-9-3-2-4-10(7-9)12-6-5-11(14)8-13(12)15;2*1-2;/h2,4-8H,1H3;2*1-2H3;/q-1;;;. The van der Waals surface area contributed by atoms with Crippen LogP contribution in [0.1, 0.15) is 33.3 Å². The van der Waals surface area contributed by atoms with Crippen LogP contribution in [0.3, 0.4) is 0 Å². The number of benzene rings is 2. The van der Waals surface area contributed by atoms with Crippen LogP contribution >= 0.6 is 0 Å². The first-order valence-electron chi connectivity index (χ1n) is 6.60. The molecule has 0 nitrogen and oxygen atoms in total. The van der Waals surface area contributed by atoms with Crippen molar-refractivity contribution in [3.63, 3.8) is 0 Å². The smallest absolute Gasteiger partial charge is 0.131 e. The van der Waals surface area contributed by atoms with Crippen molar-refractivity contribution < 1.29 is 41.5 Å². The second-order valence-electron chi connectivity index (χ2n) is 3.38. The Hall–Kier alpha value is -0.596. The SMILES string of the molecule is CC.CC.Cc1[c-]ccc(-c2ccc(F)cc2F)c1.[Y]. The Morgan fingerprint density at radius 1 is 0.900 bits per heavy atom. The first-order chi connectivity index (χ1) is 9.16. The summed E-state index contributed by atoms with van der Waals surface area (Å²) in [6.45, 7) is 9.88. The zero-order chi connectivity index (χ0) is 14.8. The molecule has 2 aromatic carbocycles. The summed E-state index contributed by atoms with van der Waals surface area (Å²) < 4.78 is 26.1. The van der Waals surface area contributed by atoms with E-state index in [9.17, 15) is 8.78 Å². The molecule has 0 N–H and O–H groups in total. The fourth-order valence-corrected chi connectivity index (χ4v) is 1.48. The molecule has 0 unspecified atom stereocenters. The van der Waals surface area contributed by atoms with Crippen LogP contribution in [0.2, 0.25) is 0 Å². The Kier molecular flexibility index (Phi) is 13.2. The van der Waals surface area contributed by atoms with Gasteiger partial charge < -0.3 is 0 Å². The molecule has 1 radical (unpaired) electrons. The van der Waals surface area contributed by atoms with Crippen LogP contribution < -0.4 is 0 Å². The quantitative estimate of drug-likeness (QED) is 0.570. The predicted octanol–water partition coefficient (Wildman–Crippen LogP) is 5.79. The van der Waals surface area contributed by atoms with E-state index in [2.05, 4.69) is 6.07 Å². The third-order valence-corrected chi connectivity index (χ3v) is 2.19. The molecule has 2 aromatic rings. The molecule has 0 saturated carbocycles. The van der Waals surface area contributed by atoms with Gasteiger partial charge in [-0.05, 0) is 11.6 Å². The van der Waals surface area contributed by atoms with Crippen LogP contribution in [0.25, 0.3) is 11.1 Å². The van der Waals surface area contributed by atoms with Crippen molar-refractivity contribution in [1.29, 1.82) is 0 Å². The Bertz CT molecular complexity index is 496. The zero-order valence-corrected chi connectivity index (χ0v) is 15.6. The second-order valence-corrected chi connectivity index (χ2v) is 3.38. The van der Waals surface area contributed by atoms with E-state index in [0.717, 1.165) is 17.2 Å². The van der Waals surface area contributed by atoms with Gasteiger partial charge in [0.1, 0.15) is 11.6 Å². The maximum Gasteiger partial charge on any atom is 0.131 e. The second kappa shape index (κ2) is 12.2. The van der Waals surface area contributed by atoms with E-state index in [-0.39, 0.29) is 32.7 Å². The maximum atomic E-state index is 13.4. The molecule has 0 amide bonds. The van der Waals surface area contributed by atoms with Gasteiger partial charge in [-0.3, -0.25) is 0 Å². The monoisotopic (exact) mass is 352 g/mol. The molecule has 0 fully saturated rings. The molecule has 0 heterocycles. The summed E-state index contributed by atoms with van der Waals surface area (Å²) in [5.41, 5.74) is 2.08. The molecule has 0 spiro atoms. The van der Waals surface area contributed by atoms with Crippen LogP contribution in [-0.2, 0) is 32.7 Å². The van der Waals surface area contributed by atoms with Crippen LogP contribution in [0, 0.1) is 24.6 Å². The van der Waals surface area contributed by atoms with Gasteiger partial charge in [0.15, 0.2) is 0 Å². The number of aryl methyl sites for hydroxylation is 1. The molecule has 107 valence electrons. The Morgan fingerprint density at radius 2 is 1.50 bits per heavy atom. The van der Waals surface area contributed by atoms with Crippen LogP contribution in [0.4, 0.5) is 8.78 Å². The van der Waals surface area contributed by atoms with E-state index >= 15 is 0 Å². The van der Waals surface area contributed by atoms with Gasteiger partial charge >= 0.3 is 0 Å². The van der Waals surface area contributed by atoms with Crippen molar-refractivity contribution >= 4 is 0 Å². The van der Waals surface area contributed by atoms with Gasteiger partial charge in [0.2, 0.25) is 0 Å². The Morgan fingerprint density at radius 3 is 2.00 bits per heavy atom. The molecule has 20 heavy (non-hydrogen) atoms. The van der Waals surface area contributed by atoms with Crippen molar-refractivity contribution in [1.82, 2.24) is 0 Å². The summed E-state index contributed by atoms with van der Waals surface area (Å²) in [7, 11) is 0. The van der Waals surface area contributed by atoms with E-state index in [1.807, 2.05) is 40.7 Å². The van der Waals surface area contributed by atoms with E-state index in [1.165, 1.54) is 12.1 Å². The van der Waals surface area contributed by atoms with Gasteiger partial charge in [-0.2, -0.15) is 29.8 Å². The molecular weight excluding hydrogens is 331 g/mol. The summed E-state index contributed by atoms with van der Waals surface area (Å²) in [5, 5.41) is 0. The van der Waals surface area contributed by atoms with E-state index in [4.69, 9.17) is 0 Å². The predicted molar refractivity (Wildman–Crippen MR) is 78.1 cm³/mol. The minimum absolute atomic E-state index is 0. The first kappa shape index (κ1) is 21.7. The maximum absolute atomic E-state index is 13.4. The fraction of sp³-hybridized carbons (Fsp3) is 0.294. The molecule has 2 rings (SSSR count). The van der Waals surface area contributed by atoms with Crippen molar-refractivity contribution in [2.75, 3.05) is 0 Å². The van der Waals surface area contributed by atoms with E-state index in [1.54, 1.807) is 12.1 Å². The normalized spacial score (nSPS) is 8.35. The molecule has 0 bridgehead atoms. The van der Waals surface area contributed by atoms with E-state index < -0.39 is 11.6 Å².